The normalized spacial score (nSPS) is 23.0. The largest absolute Gasteiger partial charge is 0.380 e. The van der Waals surface area contributed by atoms with Crippen LogP contribution in [0, 0.1) is 5.41 Å². The molecule has 1 aliphatic carbocycles. The zero-order valence-electron chi connectivity index (χ0n) is 25.0. The van der Waals surface area contributed by atoms with E-state index in [1.54, 1.807) is 0 Å². The fourth-order valence-corrected chi connectivity index (χ4v) is 7.85. The summed E-state index contributed by atoms with van der Waals surface area (Å²) in [6.07, 6.45) is 2.55. The Balaban J connectivity index is 1.03. The second-order valence-corrected chi connectivity index (χ2v) is 13.6. The number of ether oxygens (including phenoxy) is 1. The van der Waals surface area contributed by atoms with Crippen LogP contribution in [-0.2, 0) is 11.3 Å². The molecular formula is C36H44N4O2. The number of anilines is 1. The molecule has 1 saturated carbocycles. The molecule has 3 aromatic carbocycles. The summed E-state index contributed by atoms with van der Waals surface area (Å²) >= 11 is 0. The quantitative estimate of drug-likeness (QED) is 0.389. The molecule has 0 radical (unpaired) electrons. The molecule has 3 saturated heterocycles. The Bertz CT molecular complexity index is 1400. The highest BCUT2D eigenvalue weighted by molar-refractivity contribution is 5.93. The topological polar surface area (TPSA) is 62.0 Å². The summed E-state index contributed by atoms with van der Waals surface area (Å²) in [7, 11) is 0. The van der Waals surface area contributed by atoms with Gasteiger partial charge in [-0.1, -0.05) is 62.4 Å². The third-order valence-electron chi connectivity index (χ3n) is 10.4. The molecule has 0 unspecified atom stereocenters. The third-order valence-corrected chi connectivity index (χ3v) is 10.4. The van der Waals surface area contributed by atoms with E-state index >= 15 is 0 Å². The van der Waals surface area contributed by atoms with Crippen molar-refractivity contribution in [2.45, 2.75) is 57.2 Å². The molecule has 220 valence electrons. The molecule has 3 aromatic rings. The first kappa shape index (κ1) is 27.6. The molecule has 1 atom stereocenters. The Hall–Kier alpha value is -3.19. The zero-order valence-corrected chi connectivity index (χ0v) is 25.0. The molecule has 0 aromatic heterocycles. The number of nitrogens with zero attached hydrogens (tertiary/aromatic N) is 3. The minimum Gasteiger partial charge on any atom is -0.380 e. The van der Waals surface area contributed by atoms with Crippen LogP contribution in [-0.4, -0.2) is 67.7 Å². The molecule has 6 heteroatoms. The number of rotatable bonds is 8. The zero-order chi connectivity index (χ0) is 28.8. The van der Waals surface area contributed by atoms with Gasteiger partial charge in [-0.05, 0) is 65.3 Å². The molecule has 2 N–H and O–H groups in total. The van der Waals surface area contributed by atoms with Gasteiger partial charge in [-0.3, -0.25) is 14.6 Å². The van der Waals surface area contributed by atoms with Crippen LogP contribution < -0.4 is 10.6 Å². The molecule has 1 amide bonds. The van der Waals surface area contributed by atoms with Gasteiger partial charge >= 0.3 is 0 Å². The number of amides is 1. The lowest BCUT2D eigenvalue weighted by atomic mass is 9.59. The summed E-state index contributed by atoms with van der Waals surface area (Å²) in [6, 6.07) is 27.3. The lowest BCUT2D eigenvalue weighted by molar-refractivity contribution is -0.0647. The van der Waals surface area contributed by atoms with E-state index < -0.39 is 0 Å². The molecule has 0 bridgehead atoms. The number of hydrogen-bond donors (Lipinski definition) is 1. The van der Waals surface area contributed by atoms with Gasteiger partial charge in [0.25, 0.3) is 0 Å². The van der Waals surface area contributed by atoms with E-state index in [-0.39, 0.29) is 5.91 Å². The summed E-state index contributed by atoms with van der Waals surface area (Å²) in [5.74, 6) is 0.722. The maximum absolute atomic E-state index is 11.5. The Morgan fingerprint density at radius 1 is 0.952 bits per heavy atom. The lowest BCUT2D eigenvalue weighted by Gasteiger charge is -2.63. The molecule has 1 spiro atoms. The predicted octanol–water partition coefficient (Wildman–Crippen LogP) is 5.55. The van der Waals surface area contributed by atoms with Gasteiger partial charge in [0.2, 0.25) is 5.91 Å². The van der Waals surface area contributed by atoms with Gasteiger partial charge in [-0.15, -0.1) is 0 Å². The lowest BCUT2D eigenvalue weighted by Crippen LogP contribution is -2.68. The van der Waals surface area contributed by atoms with Crippen molar-refractivity contribution in [1.29, 1.82) is 0 Å². The van der Waals surface area contributed by atoms with Gasteiger partial charge in [0, 0.05) is 73.9 Å². The predicted molar refractivity (Wildman–Crippen MR) is 168 cm³/mol. The average molecular weight is 565 g/mol. The third kappa shape index (κ3) is 5.25. The SMILES string of the molecule is CC(C)c1ccccc1[C@@H]1CN(Cc2ccc(C3COC3)cc2)CCN1C1CC2(C1)CN(c1ccc(C(N)=O)cc1)C2. The number of benzene rings is 3. The van der Waals surface area contributed by atoms with E-state index in [9.17, 15) is 4.79 Å². The highest BCUT2D eigenvalue weighted by Crippen LogP contribution is 2.53. The van der Waals surface area contributed by atoms with E-state index in [4.69, 9.17) is 10.5 Å². The van der Waals surface area contributed by atoms with Crippen molar-refractivity contribution >= 4 is 11.6 Å². The van der Waals surface area contributed by atoms with Crippen molar-refractivity contribution in [3.05, 3.63) is 101 Å². The van der Waals surface area contributed by atoms with Gasteiger partial charge < -0.3 is 15.4 Å². The first-order valence-electron chi connectivity index (χ1n) is 15.8. The number of primary amides is 1. The van der Waals surface area contributed by atoms with Crippen molar-refractivity contribution in [2.24, 2.45) is 11.1 Å². The van der Waals surface area contributed by atoms with E-state index in [0.29, 0.717) is 34.9 Å². The summed E-state index contributed by atoms with van der Waals surface area (Å²) in [6.45, 7) is 12.9. The Morgan fingerprint density at radius 3 is 2.31 bits per heavy atom. The maximum Gasteiger partial charge on any atom is 0.248 e. The molecule has 7 rings (SSSR count). The smallest absolute Gasteiger partial charge is 0.248 e. The van der Waals surface area contributed by atoms with Crippen LogP contribution in [0.3, 0.4) is 0 Å². The highest BCUT2D eigenvalue weighted by Gasteiger charge is 2.55. The van der Waals surface area contributed by atoms with E-state index in [0.717, 1.165) is 52.5 Å². The van der Waals surface area contributed by atoms with Crippen molar-refractivity contribution in [2.75, 3.05) is 50.8 Å². The molecule has 3 heterocycles. The van der Waals surface area contributed by atoms with E-state index in [1.807, 2.05) is 24.3 Å². The van der Waals surface area contributed by atoms with Crippen LogP contribution in [0.5, 0.6) is 0 Å². The summed E-state index contributed by atoms with van der Waals surface area (Å²) in [4.78, 5) is 19.4. The Kier molecular flexibility index (Phi) is 7.33. The Morgan fingerprint density at radius 2 is 1.67 bits per heavy atom. The van der Waals surface area contributed by atoms with Crippen molar-refractivity contribution in [3.8, 4) is 0 Å². The van der Waals surface area contributed by atoms with Gasteiger partial charge in [-0.2, -0.15) is 0 Å². The van der Waals surface area contributed by atoms with Crippen LogP contribution in [0.15, 0.2) is 72.8 Å². The average Bonchev–Trinajstić information content (AvgIpc) is 2.92. The summed E-state index contributed by atoms with van der Waals surface area (Å²) < 4.78 is 5.40. The molecular weight excluding hydrogens is 520 g/mol. The Labute approximate surface area is 250 Å². The maximum atomic E-state index is 11.5. The molecule has 3 aliphatic heterocycles. The highest BCUT2D eigenvalue weighted by atomic mass is 16.5. The minimum atomic E-state index is -0.366. The number of nitrogens with two attached hydrogens (primary N) is 1. The van der Waals surface area contributed by atoms with Crippen LogP contribution in [0.25, 0.3) is 0 Å². The first-order chi connectivity index (χ1) is 20.4. The van der Waals surface area contributed by atoms with Crippen molar-refractivity contribution in [1.82, 2.24) is 9.80 Å². The summed E-state index contributed by atoms with van der Waals surface area (Å²) in [5, 5.41) is 0. The van der Waals surface area contributed by atoms with E-state index in [2.05, 4.69) is 77.1 Å². The van der Waals surface area contributed by atoms with Gasteiger partial charge in [0.1, 0.15) is 0 Å². The number of hydrogen-bond acceptors (Lipinski definition) is 5. The molecule has 4 fully saturated rings. The standard InChI is InChI=1S/C36H44N4O2/c1-25(2)32-5-3-4-6-33(32)34-20-38(19-26-7-9-27(10-8-26)29-21-42-22-29)15-16-40(34)31-17-36(18-31)23-39(24-36)30-13-11-28(12-14-30)35(37)41/h3-14,25,29,31,34H,15-24H2,1-2H3,(H2,37,41)/t34-/m0/s1. The number of carbonyl (C=O) groups is 1. The van der Waals surface area contributed by atoms with E-state index in [1.165, 1.54) is 40.8 Å². The second-order valence-electron chi connectivity index (χ2n) is 13.6. The minimum absolute atomic E-state index is 0.366. The first-order valence-corrected chi connectivity index (χ1v) is 15.8. The molecule has 4 aliphatic rings. The number of carbonyl (C=O) groups excluding carboxylic acids is 1. The van der Waals surface area contributed by atoms with Crippen LogP contribution in [0.1, 0.15) is 77.2 Å². The number of piperazine rings is 1. The van der Waals surface area contributed by atoms with Crippen molar-refractivity contribution in [3.63, 3.8) is 0 Å². The van der Waals surface area contributed by atoms with Gasteiger partial charge in [0.05, 0.1) is 13.2 Å². The van der Waals surface area contributed by atoms with Crippen molar-refractivity contribution < 1.29 is 9.53 Å². The molecule has 6 nitrogen and oxygen atoms in total. The summed E-state index contributed by atoms with van der Waals surface area (Å²) in [5.41, 5.74) is 13.5. The second kappa shape index (κ2) is 11.1. The fourth-order valence-electron chi connectivity index (χ4n) is 7.85. The van der Waals surface area contributed by atoms with Crippen LogP contribution in [0.4, 0.5) is 5.69 Å². The van der Waals surface area contributed by atoms with Crippen LogP contribution >= 0.6 is 0 Å². The van der Waals surface area contributed by atoms with Crippen LogP contribution in [0.2, 0.25) is 0 Å². The van der Waals surface area contributed by atoms with Gasteiger partial charge in [-0.25, -0.2) is 0 Å². The monoisotopic (exact) mass is 564 g/mol. The van der Waals surface area contributed by atoms with Gasteiger partial charge in [0.15, 0.2) is 0 Å². The fraction of sp³-hybridized carbons (Fsp3) is 0.472. The molecule has 42 heavy (non-hydrogen) atoms.